The molecule has 0 radical (unpaired) electrons. The smallest absolute Gasteiger partial charge is 0.273 e. The number of hydrogen-bond donors (Lipinski definition) is 3. The Hall–Kier alpha value is -4.02. The van der Waals surface area contributed by atoms with Crippen LogP contribution in [0.5, 0.6) is 5.75 Å². The number of hydrogen-bond acceptors (Lipinski definition) is 8. The molecule has 0 atom stereocenters. The zero-order chi connectivity index (χ0) is 27.0. The topological polar surface area (TPSA) is 136 Å². The fourth-order valence-electron chi connectivity index (χ4n) is 2.91. The average Bonchev–Trinajstić information content (AvgIpc) is 3.53. The molecular formula is C20H22N8O3. The summed E-state index contributed by atoms with van der Waals surface area (Å²) in [6.45, 7) is -5.30. The zero-order valence-corrected chi connectivity index (χ0v) is 16.3. The van der Waals surface area contributed by atoms with Crippen molar-refractivity contribution in [3.05, 3.63) is 36.3 Å². The van der Waals surface area contributed by atoms with E-state index < -0.39 is 19.9 Å². The van der Waals surface area contributed by atoms with E-state index in [9.17, 15) is 9.59 Å². The lowest BCUT2D eigenvalue weighted by Crippen LogP contribution is -2.22. The number of rotatable bonds is 7. The zero-order valence-electron chi connectivity index (χ0n) is 22.3. The molecule has 0 spiro atoms. The molecule has 3 aromatic rings. The summed E-state index contributed by atoms with van der Waals surface area (Å²) in [5, 5.41) is 19.1. The van der Waals surface area contributed by atoms with Gasteiger partial charge in [-0.05, 0) is 25.0 Å². The van der Waals surface area contributed by atoms with Crippen molar-refractivity contribution in [2.75, 3.05) is 24.7 Å². The molecule has 1 fully saturated rings. The number of methoxy groups -OCH3 is 1. The minimum absolute atomic E-state index is 0.0271. The highest BCUT2D eigenvalue weighted by Crippen LogP contribution is 2.37. The second-order valence-electron chi connectivity index (χ2n) is 6.73. The first-order valence-electron chi connectivity index (χ1n) is 12.2. The number of nitrogens with zero attached hydrogens (tertiary/aromatic N) is 5. The minimum Gasteiger partial charge on any atom is -0.494 e. The molecular weight excluding hydrogens is 400 g/mol. The number of para-hydroxylation sites is 1. The normalized spacial score (nSPS) is 16.5. The van der Waals surface area contributed by atoms with E-state index in [0.717, 1.165) is 23.9 Å². The number of aromatic nitrogens is 5. The highest BCUT2D eigenvalue weighted by atomic mass is 16.5. The maximum absolute atomic E-state index is 12.7. The standard InChI is InChI=1S/C20H22N8O3/c1-21-20(30)16-14(9-15(25-26-16)24-19(29)11-7-8-11)23-13-6-4-5-12(17(13)31-3)18-22-10-28(2)27-18/h4-6,9-11H,7-8H2,1-3H3,(H,21,30)(H2,23,24,25,29)/i1D3,2D3. The monoisotopic (exact) mass is 428 g/mol. The SMILES string of the molecule is [2H]C([2H])([2H])NC(=O)c1nnc(NC(=O)C2CC2)cc1Nc1cccc(-c2ncn(C([2H])([2H])[2H])n2)c1OC. The van der Waals surface area contributed by atoms with E-state index in [4.69, 9.17) is 13.0 Å². The van der Waals surface area contributed by atoms with Crippen LogP contribution >= 0.6 is 0 Å². The second kappa shape index (κ2) is 8.38. The maximum Gasteiger partial charge on any atom is 0.273 e. The van der Waals surface area contributed by atoms with Gasteiger partial charge in [0.2, 0.25) is 5.91 Å². The molecule has 11 nitrogen and oxygen atoms in total. The fourth-order valence-corrected chi connectivity index (χ4v) is 2.91. The van der Waals surface area contributed by atoms with Crippen molar-refractivity contribution in [1.82, 2.24) is 30.3 Å². The summed E-state index contributed by atoms with van der Waals surface area (Å²) in [5.74, 6) is -1.05. The van der Waals surface area contributed by atoms with Crippen molar-refractivity contribution in [1.29, 1.82) is 0 Å². The van der Waals surface area contributed by atoms with E-state index in [1.54, 1.807) is 18.2 Å². The molecule has 2 heterocycles. The molecule has 1 aliphatic carbocycles. The molecule has 1 aliphatic rings. The molecule has 0 saturated heterocycles. The molecule has 3 N–H and O–H groups in total. The number of amides is 2. The van der Waals surface area contributed by atoms with Gasteiger partial charge in [-0.25, -0.2) is 4.98 Å². The van der Waals surface area contributed by atoms with Gasteiger partial charge in [-0.3, -0.25) is 14.3 Å². The third-order valence-corrected chi connectivity index (χ3v) is 4.54. The third-order valence-electron chi connectivity index (χ3n) is 4.54. The van der Waals surface area contributed by atoms with Gasteiger partial charge in [-0.1, -0.05) is 6.07 Å². The molecule has 31 heavy (non-hydrogen) atoms. The Morgan fingerprint density at radius 2 is 2.13 bits per heavy atom. The van der Waals surface area contributed by atoms with Crippen LogP contribution in [0, 0.1) is 5.92 Å². The van der Waals surface area contributed by atoms with Crippen LogP contribution < -0.4 is 20.7 Å². The van der Waals surface area contributed by atoms with Crippen molar-refractivity contribution >= 4 is 29.0 Å². The molecule has 2 amide bonds. The number of carbonyl (C=O) groups is 2. The van der Waals surface area contributed by atoms with E-state index in [2.05, 4.69) is 30.9 Å². The van der Waals surface area contributed by atoms with Crippen molar-refractivity contribution < 1.29 is 22.6 Å². The van der Waals surface area contributed by atoms with Gasteiger partial charge in [0, 0.05) is 34.2 Å². The molecule has 0 unspecified atom stereocenters. The molecule has 2 aromatic heterocycles. The Balaban J connectivity index is 1.72. The van der Waals surface area contributed by atoms with Crippen LogP contribution in [0.2, 0.25) is 0 Å². The molecule has 1 saturated carbocycles. The fraction of sp³-hybridized carbons (Fsp3) is 0.300. The summed E-state index contributed by atoms with van der Waals surface area (Å²) >= 11 is 0. The Morgan fingerprint density at radius 3 is 2.84 bits per heavy atom. The van der Waals surface area contributed by atoms with Crippen molar-refractivity contribution in [3.63, 3.8) is 0 Å². The van der Waals surface area contributed by atoms with Crippen LogP contribution in [0.25, 0.3) is 11.4 Å². The summed E-state index contributed by atoms with van der Waals surface area (Å²) in [6.07, 6.45) is 2.60. The summed E-state index contributed by atoms with van der Waals surface area (Å²) in [5.41, 5.74) is 0.311. The number of nitrogens with one attached hydrogen (secondary N) is 3. The van der Waals surface area contributed by atoms with E-state index in [0.29, 0.717) is 11.3 Å². The molecule has 0 bridgehead atoms. The van der Waals surface area contributed by atoms with Crippen LogP contribution in [0.15, 0.2) is 30.6 Å². The highest BCUT2D eigenvalue weighted by molar-refractivity contribution is 6.00. The minimum atomic E-state index is -2.78. The van der Waals surface area contributed by atoms with Gasteiger partial charge in [-0.15, -0.1) is 10.2 Å². The van der Waals surface area contributed by atoms with Crippen LogP contribution in [0.4, 0.5) is 17.2 Å². The predicted octanol–water partition coefficient (Wildman–Crippen LogP) is 1.73. The Labute approximate surface area is 186 Å². The maximum atomic E-state index is 12.7. The number of anilines is 3. The number of ether oxygens (including phenoxy) is 1. The average molecular weight is 428 g/mol. The van der Waals surface area contributed by atoms with E-state index in [-0.39, 0.29) is 40.6 Å². The molecule has 1 aromatic carbocycles. The summed E-state index contributed by atoms with van der Waals surface area (Å²) in [6, 6.07) is 6.16. The number of aryl methyl sites for hydroxylation is 1. The number of benzene rings is 1. The quantitative estimate of drug-likeness (QED) is 0.518. The van der Waals surface area contributed by atoms with Crippen molar-refractivity contribution in [2.24, 2.45) is 12.9 Å². The number of carbonyl (C=O) groups excluding carboxylic acids is 2. The van der Waals surface area contributed by atoms with Gasteiger partial charge in [0.05, 0.1) is 24.0 Å². The molecule has 11 heteroatoms. The van der Waals surface area contributed by atoms with Crippen molar-refractivity contribution in [2.45, 2.75) is 12.8 Å². The largest absolute Gasteiger partial charge is 0.494 e. The Kier molecular flexibility index (Phi) is 3.80. The third kappa shape index (κ3) is 4.29. The van der Waals surface area contributed by atoms with Crippen molar-refractivity contribution in [3.8, 4) is 17.1 Å². The van der Waals surface area contributed by atoms with Gasteiger partial charge in [0.25, 0.3) is 5.91 Å². The lowest BCUT2D eigenvalue weighted by Gasteiger charge is -2.16. The highest BCUT2D eigenvalue weighted by Gasteiger charge is 2.30. The van der Waals surface area contributed by atoms with E-state index in [1.165, 1.54) is 13.2 Å². The van der Waals surface area contributed by atoms with Crippen LogP contribution in [-0.2, 0) is 11.8 Å². The van der Waals surface area contributed by atoms with Gasteiger partial charge in [0.1, 0.15) is 6.33 Å². The first-order valence-corrected chi connectivity index (χ1v) is 9.23. The lowest BCUT2D eigenvalue weighted by atomic mass is 10.1. The summed E-state index contributed by atoms with van der Waals surface area (Å²) in [4.78, 5) is 28.9. The summed E-state index contributed by atoms with van der Waals surface area (Å²) in [7, 11) is 1.37. The first kappa shape index (κ1) is 14.1. The van der Waals surface area contributed by atoms with Gasteiger partial charge in [-0.2, -0.15) is 5.10 Å². The molecule has 160 valence electrons. The van der Waals surface area contributed by atoms with Gasteiger partial charge in [0.15, 0.2) is 23.1 Å². The van der Waals surface area contributed by atoms with E-state index in [1.807, 2.05) is 5.32 Å². The van der Waals surface area contributed by atoms with Gasteiger partial charge >= 0.3 is 0 Å². The molecule has 4 rings (SSSR count). The van der Waals surface area contributed by atoms with Gasteiger partial charge < -0.3 is 20.7 Å². The van der Waals surface area contributed by atoms with Crippen LogP contribution in [0.3, 0.4) is 0 Å². The lowest BCUT2D eigenvalue weighted by molar-refractivity contribution is -0.117. The van der Waals surface area contributed by atoms with E-state index >= 15 is 0 Å². The Morgan fingerprint density at radius 1 is 1.26 bits per heavy atom. The predicted molar refractivity (Wildman–Crippen MR) is 113 cm³/mol. The van der Waals surface area contributed by atoms with Crippen LogP contribution in [0.1, 0.15) is 31.6 Å². The summed E-state index contributed by atoms with van der Waals surface area (Å²) < 4.78 is 50.7. The first-order chi connectivity index (χ1) is 17.4. The van der Waals surface area contributed by atoms with Crippen LogP contribution in [-0.4, -0.2) is 50.9 Å². The second-order valence-corrected chi connectivity index (χ2v) is 6.73. The molecule has 0 aliphatic heterocycles. The Bertz CT molecular complexity index is 1340.